The summed E-state index contributed by atoms with van der Waals surface area (Å²) in [5.41, 5.74) is 3.22. The van der Waals surface area contributed by atoms with Gasteiger partial charge in [0.25, 0.3) is 0 Å². The molecule has 0 bridgehead atoms. The van der Waals surface area contributed by atoms with Crippen LogP contribution in [0.15, 0.2) is 12.1 Å². The zero-order chi connectivity index (χ0) is 12.6. The summed E-state index contributed by atoms with van der Waals surface area (Å²) in [5, 5.41) is 10.1. The largest absolute Gasteiger partial charge is 0.496 e. The number of aliphatic hydroxyl groups is 1. The van der Waals surface area contributed by atoms with Gasteiger partial charge < -0.3 is 9.84 Å². The first-order valence-corrected chi connectivity index (χ1v) is 6.35. The van der Waals surface area contributed by atoms with Crippen molar-refractivity contribution in [1.82, 2.24) is 0 Å². The predicted molar refractivity (Wildman–Crippen MR) is 69.7 cm³/mol. The summed E-state index contributed by atoms with van der Waals surface area (Å²) in [4.78, 5) is 0. The maximum Gasteiger partial charge on any atom is 0.125 e. The van der Waals surface area contributed by atoms with Crippen LogP contribution in [-0.4, -0.2) is 17.8 Å². The van der Waals surface area contributed by atoms with Gasteiger partial charge in [-0.15, -0.1) is 0 Å². The summed E-state index contributed by atoms with van der Waals surface area (Å²) in [6.07, 6.45) is 2.62. The summed E-state index contributed by atoms with van der Waals surface area (Å²) in [6, 6.07) is 4.23. The smallest absolute Gasteiger partial charge is 0.125 e. The van der Waals surface area contributed by atoms with E-state index in [2.05, 4.69) is 32.9 Å². The number of methoxy groups -OCH3 is 1. The van der Waals surface area contributed by atoms with Crippen molar-refractivity contribution < 1.29 is 9.84 Å². The lowest BCUT2D eigenvalue weighted by Crippen LogP contribution is -2.13. The fourth-order valence-electron chi connectivity index (χ4n) is 2.48. The third-order valence-electron chi connectivity index (χ3n) is 3.61. The molecule has 0 amide bonds. The van der Waals surface area contributed by atoms with Crippen LogP contribution < -0.4 is 4.74 Å². The predicted octanol–water partition coefficient (Wildman–Crippen LogP) is 3.19. The second kappa shape index (κ2) is 4.34. The molecule has 1 fully saturated rings. The third kappa shape index (κ3) is 2.47. The molecule has 2 nitrogen and oxygen atoms in total. The van der Waals surface area contributed by atoms with E-state index in [1.54, 1.807) is 7.11 Å². The van der Waals surface area contributed by atoms with E-state index in [1.165, 1.54) is 16.7 Å². The lowest BCUT2D eigenvalue weighted by atomic mass is 9.90. The van der Waals surface area contributed by atoms with Gasteiger partial charge >= 0.3 is 0 Å². The van der Waals surface area contributed by atoms with Gasteiger partial charge in [-0.25, -0.2) is 0 Å². The van der Waals surface area contributed by atoms with Gasteiger partial charge in [-0.05, 0) is 36.8 Å². The zero-order valence-corrected chi connectivity index (χ0v) is 11.2. The van der Waals surface area contributed by atoms with Crippen LogP contribution in [0.3, 0.4) is 0 Å². The summed E-state index contributed by atoms with van der Waals surface area (Å²) in [5.74, 6) is 1.41. The van der Waals surface area contributed by atoms with E-state index in [4.69, 9.17) is 4.74 Å². The molecule has 2 heteroatoms. The molecule has 0 saturated heterocycles. The molecular weight excluding hydrogens is 212 g/mol. The van der Waals surface area contributed by atoms with Crippen LogP contribution in [-0.2, 0) is 6.42 Å². The van der Waals surface area contributed by atoms with Gasteiger partial charge in [0.2, 0.25) is 0 Å². The van der Waals surface area contributed by atoms with Crippen LogP contribution in [0.25, 0.3) is 0 Å². The molecule has 0 radical (unpaired) electrons. The fourth-order valence-corrected chi connectivity index (χ4v) is 2.48. The van der Waals surface area contributed by atoms with Crippen LogP contribution in [0.1, 0.15) is 49.3 Å². The van der Waals surface area contributed by atoms with Crippen molar-refractivity contribution in [1.29, 1.82) is 0 Å². The van der Waals surface area contributed by atoms with Crippen molar-refractivity contribution in [3.63, 3.8) is 0 Å². The highest BCUT2D eigenvalue weighted by Gasteiger charge is 2.41. The van der Waals surface area contributed by atoms with Crippen LogP contribution >= 0.6 is 0 Å². The standard InChI is InChI=1S/C15H22O2/c1-10(2)13-12(9-15(16)7-8-15)6-5-11(3)14(13)17-4/h5-6,10,16H,7-9H2,1-4H3. The molecule has 94 valence electrons. The average molecular weight is 234 g/mol. The number of benzene rings is 1. The molecule has 17 heavy (non-hydrogen) atoms. The zero-order valence-electron chi connectivity index (χ0n) is 11.2. The highest BCUT2D eigenvalue weighted by Crippen LogP contribution is 2.42. The topological polar surface area (TPSA) is 29.5 Å². The Kier molecular flexibility index (Phi) is 3.17. The second-order valence-corrected chi connectivity index (χ2v) is 5.54. The van der Waals surface area contributed by atoms with Gasteiger partial charge in [-0.1, -0.05) is 26.0 Å². The number of ether oxygens (including phenoxy) is 1. The molecule has 1 aromatic carbocycles. The van der Waals surface area contributed by atoms with Crippen molar-refractivity contribution >= 4 is 0 Å². The lowest BCUT2D eigenvalue weighted by molar-refractivity contribution is 0.150. The Morgan fingerprint density at radius 2 is 2.00 bits per heavy atom. The number of rotatable bonds is 4. The molecule has 0 aromatic heterocycles. The van der Waals surface area contributed by atoms with Gasteiger partial charge in [0.1, 0.15) is 5.75 Å². The van der Waals surface area contributed by atoms with Gasteiger partial charge in [0, 0.05) is 12.0 Å². The van der Waals surface area contributed by atoms with Crippen molar-refractivity contribution in [3.8, 4) is 5.75 Å². The van der Waals surface area contributed by atoms with E-state index >= 15 is 0 Å². The second-order valence-electron chi connectivity index (χ2n) is 5.54. The van der Waals surface area contributed by atoms with E-state index < -0.39 is 5.60 Å². The fraction of sp³-hybridized carbons (Fsp3) is 0.600. The van der Waals surface area contributed by atoms with Gasteiger partial charge in [0.15, 0.2) is 0 Å². The Balaban J connectivity index is 2.43. The Hall–Kier alpha value is -1.02. The molecule has 0 aliphatic heterocycles. The van der Waals surface area contributed by atoms with E-state index in [-0.39, 0.29) is 0 Å². The first-order chi connectivity index (χ1) is 7.97. The summed E-state index contributed by atoms with van der Waals surface area (Å²) >= 11 is 0. The summed E-state index contributed by atoms with van der Waals surface area (Å²) < 4.78 is 5.53. The van der Waals surface area contributed by atoms with Gasteiger partial charge in [-0.2, -0.15) is 0 Å². The maximum absolute atomic E-state index is 10.1. The molecule has 0 spiro atoms. The molecule has 2 rings (SSSR count). The Labute approximate surface area is 104 Å². The van der Waals surface area contributed by atoms with E-state index in [0.717, 1.165) is 25.0 Å². The molecular formula is C15H22O2. The van der Waals surface area contributed by atoms with E-state index in [1.807, 2.05) is 0 Å². The third-order valence-corrected chi connectivity index (χ3v) is 3.61. The van der Waals surface area contributed by atoms with Crippen molar-refractivity contribution in [2.24, 2.45) is 0 Å². The minimum absolute atomic E-state index is 0.419. The van der Waals surface area contributed by atoms with Gasteiger partial charge in [0.05, 0.1) is 12.7 Å². The highest BCUT2D eigenvalue weighted by atomic mass is 16.5. The Morgan fingerprint density at radius 3 is 2.47 bits per heavy atom. The molecule has 0 atom stereocenters. The Bertz CT molecular complexity index is 417. The number of hydrogen-bond donors (Lipinski definition) is 1. The first kappa shape index (κ1) is 12.4. The van der Waals surface area contributed by atoms with Crippen LogP contribution in [0.4, 0.5) is 0 Å². The molecule has 1 aliphatic rings. The minimum atomic E-state index is -0.441. The Morgan fingerprint density at radius 1 is 1.35 bits per heavy atom. The van der Waals surface area contributed by atoms with Crippen molar-refractivity contribution in [2.75, 3.05) is 7.11 Å². The molecule has 1 saturated carbocycles. The normalized spacial score (nSPS) is 17.3. The van der Waals surface area contributed by atoms with E-state index in [0.29, 0.717) is 5.92 Å². The van der Waals surface area contributed by atoms with E-state index in [9.17, 15) is 5.11 Å². The van der Waals surface area contributed by atoms with Gasteiger partial charge in [-0.3, -0.25) is 0 Å². The maximum atomic E-state index is 10.1. The summed E-state index contributed by atoms with van der Waals surface area (Å²) in [6.45, 7) is 6.43. The number of aryl methyl sites for hydroxylation is 1. The molecule has 0 unspecified atom stereocenters. The molecule has 0 heterocycles. The molecule has 1 aliphatic carbocycles. The lowest BCUT2D eigenvalue weighted by Gasteiger charge is -2.20. The quantitative estimate of drug-likeness (QED) is 0.867. The monoisotopic (exact) mass is 234 g/mol. The minimum Gasteiger partial charge on any atom is -0.496 e. The SMILES string of the molecule is COc1c(C)ccc(CC2(O)CC2)c1C(C)C. The average Bonchev–Trinajstić information content (AvgIpc) is 2.98. The molecule has 1 aromatic rings. The van der Waals surface area contributed by atoms with Crippen LogP contribution in [0.5, 0.6) is 5.75 Å². The van der Waals surface area contributed by atoms with Crippen LogP contribution in [0, 0.1) is 6.92 Å². The van der Waals surface area contributed by atoms with Crippen molar-refractivity contribution in [2.45, 2.75) is 51.6 Å². The van der Waals surface area contributed by atoms with Crippen molar-refractivity contribution in [3.05, 3.63) is 28.8 Å². The highest BCUT2D eigenvalue weighted by molar-refractivity contribution is 5.48. The number of hydrogen-bond acceptors (Lipinski definition) is 2. The molecule has 1 N–H and O–H groups in total. The van der Waals surface area contributed by atoms with Crippen LogP contribution in [0.2, 0.25) is 0 Å². The summed E-state index contributed by atoms with van der Waals surface area (Å²) in [7, 11) is 1.73. The first-order valence-electron chi connectivity index (χ1n) is 6.35.